The molecule has 1 fully saturated rings. The van der Waals surface area contributed by atoms with Crippen molar-refractivity contribution >= 4 is 53.0 Å². The van der Waals surface area contributed by atoms with Crippen LogP contribution in [0, 0.1) is 11.7 Å². The fraction of sp³-hybridized carbons (Fsp3) is 0.400. The minimum atomic E-state index is -5.08. The summed E-state index contributed by atoms with van der Waals surface area (Å²) in [6, 6.07) is 8.28. The Kier molecular flexibility index (Phi) is 15.3. The van der Waals surface area contributed by atoms with Crippen LogP contribution in [0.15, 0.2) is 41.4 Å². The lowest BCUT2D eigenvalue weighted by atomic mass is 10.00. The number of aliphatic carboxylic acids is 2. The Balaban J connectivity index is 0.000000587. The molecule has 0 spiro atoms. The van der Waals surface area contributed by atoms with Crippen molar-refractivity contribution in [2.24, 2.45) is 22.4 Å². The molecule has 4 rings (SSSR count). The van der Waals surface area contributed by atoms with Crippen LogP contribution < -0.4 is 22.1 Å². The molecule has 15 nitrogen and oxygen atoms in total. The second-order valence-corrected chi connectivity index (χ2v) is 11.7. The number of ether oxygens (including phenoxy) is 1. The number of alkyl halides is 6. The number of fused-ring (bicyclic) bond motifs is 1. The van der Waals surface area contributed by atoms with Crippen molar-refractivity contribution in [3.8, 4) is 0 Å². The number of nitrogens with one attached hydrogen (secondary N) is 2. The molecule has 1 aliphatic carbocycles. The number of β-amino-alcohol motifs (C(OH)–C–C–N with tert-alkyl or cyclic N) is 1. The van der Waals surface area contributed by atoms with E-state index in [0.29, 0.717) is 25.9 Å². The predicted octanol–water partition coefficient (Wildman–Crippen LogP) is 2.10. The Morgan fingerprint density at radius 2 is 1.57 bits per heavy atom. The number of carboxylic acid groups (broad SMARTS) is 2. The molecular weight excluding hydrogens is 757 g/mol. The van der Waals surface area contributed by atoms with Gasteiger partial charge in [0.1, 0.15) is 11.9 Å². The molecule has 9 N–H and O–H groups in total. The number of benzene rings is 2. The van der Waals surface area contributed by atoms with Gasteiger partial charge in [-0.3, -0.25) is 24.3 Å². The summed E-state index contributed by atoms with van der Waals surface area (Å²) >= 11 is 5.67. The van der Waals surface area contributed by atoms with E-state index in [-0.39, 0.29) is 29.1 Å². The lowest BCUT2D eigenvalue weighted by molar-refractivity contribution is -0.193. The van der Waals surface area contributed by atoms with E-state index in [2.05, 4.69) is 15.6 Å². The van der Waals surface area contributed by atoms with Gasteiger partial charge in [0.2, 0.25) is 0 Å². The van der Waals surface area contributed by atoms with Crippen LogP contribution in [0.4, 0.5) is 36.4 Å². The van der Waals surface area contributed by atoms with Gasteiger partial charge in [0.05, 0.1) is 24.3 Å². The lowest BCUT2D eigenvalue weighted by Crippen LogP contribution is -2.40. The van der Waals surface area contributed by atoms with Gasteiger partial charge in [0, 0.05) is 37.7 Å². The number of aliphatic hydroxyl groups is 1. The molecule has 2 aliphatic rings. The minimum absolute atomic E-state index is 0.0860. The zero-order valence-corrected chi connectivity index (χ0v) is 27.9. The highest BCUT2D eigenvalue weighted by Crippen LogP contribution is 2.37. The SMILES string of the molecule is COC(=O)[C@@H]1C[C@@H](O)CN1Cc1ccc2c(c1)C[C@H](CN=C(N)N)[C@H]2NC(=O)C(=O)Nc1ccc(Cl)c(F)c1.O=C(O)C(F)(F)F.O=C(O)C(F)(F)F. The number of hydrogen-bond donors (Lipinski definition) is 7. The third kappa shape index (κ3) is 13.4. The molecule has 2 aromatic rings. The predicted molar refractivity (Wildman–Crippen MR) is 169 cm³/mol. The van der Waals surface area contributed by atoms with E-state index in [9.17, 15) is 50.2 Å². The molecule has 23 heteroatoms. The van der Waals surface area contributed by atoms with E-state index in [1.807, 2.05) is 23.1 Å². The van der Waals surface area contributed by atoms with Crippen molar-refractivity contribution in [1.82, 2.24) is 10.2 Å². The van der Waals surface area contributed by atoms with E-state index >= 15 is 0 Å². The summed E-state index contributed by atoms with van der Waals surface area (Å²) in [7, 11) is 1.32. The molecule has 2 amide bonds. The van der Waals surface area contributed by atoms with Gasteiger partial charge in [-0.1, -0.05) is 29.8 Å². The number of rotatable bonds is 7. The maximum Gasteiger partial charge on any atom is 0.490 e. The van der Waals surface area contributed by atoms with Crippen LogP contribution >= 0.6 is 11.6 Å². The molecule has 53 heavy (non-hydrogen) atoms. The normalized spacial score (nSPS) is 19.3. The highest BCUT2D eigenvalue weighted by atomic mass is 35.5. The number of aliphatic imine (C=N–C) groups is 1. The molecule has 2 aromatic carbocycles. The molecule has 292 valence electrons. The maximum atomic E-state index is 13.7. The molecule has 0 saturated carbocycles. The van der Waals surface area contributed by atoms with E-state index in [0.717, 1.165) is 22.8 Å². The Morgan fingerprint density at radius 3 is 2.08 bits per heavy atom. The first-order chi connectivity index (χ1) is 24.4. The zero-order valence-electron chi connectivity index (χ0n) is 27.2. The Bertz CT molecular complexity index is 1680. The number of esters is 1. The highest BCUT2D eigenvalue weighted by Gasteiger charge is 2.40. The quantitative estimate of drug-likeness (QED) is 0.0701. The van der Waals surface area contributed by atoms with Crippen LogP contribution in [0.25, 0.3) is 0 Å². The topological polar surface area (TPSA) is 247 Å². The number of hydrogen-bond acceptors (Lipinski definition) is 9. The third-order valence-electron chi connectivity index (χ3n) is 7.40. The summed E-state index contributed by atoms with van der Waals surface area (Å²) in [5.41, 5.74) is 13.8. The van der Waals surface area contributed by atoms with Crippen molar-refractivity contribution < 1.29 is 74.8 Å². The second-order valence-electron chi connectivity index (χ2n) is 11.3. The van der Waals surface area contributed by atoms with Crippen LogP contribution in [-0.2, 0) is 41.7 Å². The Hall–Kier alpha value is -5.22. The number of aliphatic hydroxyl groups excluding tert-OH is 1. The van der Waals surface area contributed by atoms with Gasteiger partial charge in [0.15, 0.2) is 5.96 Å². The molecule has 1 heterocycles. The molecule has 0 aromatic heterocycles. The van der Waals surface area contributed by atoms with Crippen molar-refractivity contribution in [3.63, 3.8) is 0 Å². The second kappa shape index (κ2) is 18.5. The van der Waals surface area contributed by atoms with Crippen LogP contribution in [0.1, 0.15) is 29.2 Å². The zero-order chi connectivity index (χ0) is 40.4. The van der Waals surface area contributed by atoms with Gasteiger partial charge in [-0.05, 0) is 41.3 Å². The first kappa shape index (κ1) is 43.9. The number of guanidine groups is 1. The molecule has 1 aliphatic heterocycles. The Morgan fingerprint density at radius 1 is 0.981 bits per heavy atom. The van der Waals surface area contributed by atoms with Gasteiger partial charge in [-0.25, -0.2) is 14.0 Å². The average Bonchev–Trinajstić information content (AvgIpc) is 3.59. The highest BCUT2D eigenvalue weighted by molar-refractivity contribution is 6.39. The van der Waals surface area contributed by atoms with E-state index in [1.165, 1.54) is 19.2 Å². The molecule has 4 atom stereocenters. The number of amides is 2. The number of halogens is 8. The molecule has 0 unspecified atom stereocenters. The molecule has 0 bridgehead atoms. The minimum Gasteiger partial charge on any atom is -0.475 e. The smallest absolute Gasteiger partial charge is 0.475 e. The maximum absolute atomic E-state index is 13.7. The molecule has 0 radical (unpaired) electrons. The number of nitrogens with zero attached hydrogens (tertiary/aromatic N) is 2. The van der Waals surface area contributed by atoms with Crippen LogP contribution in [0.3, 0.4) is 0 Å². The first-order valence-corrected chi connectivity index (χ1v) is 15.2. The summed E-state index contributed by atoms with van der Waals surface area (Å²) in [6.45, 7) is 0.971. The average molecular weight is 789 g/mol. The summed E-state index contributed by atoms with van der Waals surface area (Å²) < 4.78 is 82.1. The van der Waals surface area contributed by atoms with Crippen molar-refractivity contribution in [3.05, 3.63) is 63.9 Å². The summed E-state index contributed by atoms with van der Waals surface area (Å²) in [5, 5.41) is 29.4. The van der Waals surface area contributed by atoms with E-state index in [1.54, 1.807) is 0 Å². The summed E-state index contributed by atoms with van der Waals surface area (Å²) in [4.78, 5) is 61.3. The molecular formula is C30H32ClF7N6O9. The largest absolute Gasteiger partial charge is 0.490 e. The van der Waals surface area contributed by atoms with Gasteiger partial charge >= 0.3 is 42.1 Å². The van der Waals surface area contributed by atoms with Crippen molar-refractivity contribution in [2.45, 2.75) is 49.9 Å². The number of methoxy groups -OCH3 is 1. The fourth-order valence-corrected chi connectivity index (χ4v) is 5.24. The molecule has 1 saturated heterocycles. The summed E-state index contributed by atoms with van der Waals surface area (Å²) in [6.07, 6.45) is -9.96. The van der Waals surface area contributed by atoms with Crippen molar-refractivity contribution in [2.75, 3.05) is 25.5 Å². The van der Waals surface area contributed by atoms with E-state index in [4.69, 9.17) is 47.6 Å². The van der Waals surface area contributed by atoms with Crippen molar-refractivity contribution in [1.29, 1.82) is 0 Å². The first-order valence-electron chi connectivity index (χ1n) is 14.8. The van der Waals surface area contributed by atoms with Gasteiger partial charge in [0.25, 0.3) is 0 Å². The van der Waals surface area contributed by atoms with Crippen LogP contribution in [0.5, 0.6) is 0 Å². The summed E-state index contributed by atoms with van der Waals surface area (Å²) in [5.74, 6) is -8.85. The number of carboxylic acids is 2. The van der Waals surface area contributed by atoms with Gasteiger partial charge < -0.3 is 42.2 Å². The van der Waals surface area contributed by atoms with E-state index < -0.39 is 66.1 Å². The fourth-order valence-electron chi connectivity index (χ4n) is 5.12. The third-order valence-corrected chi connectivity index (χ3v) is 7.71. The lowest BCUT2D eigenvalue weighted by Gasteiger charge is -2.23. The van der Waals surface area contributed by atoms with Crippen LogP contribution in [0.2, 0.25) is 5.02 Å². The van der Waals surface area contributed by atoms with Gasteiger partial charge in [-0.2, -0.15) is 26.3 Å². The van der Waals surface area contributed by atoms with Crippen LogP contribution in [-0.4, -0.2) is 101 Å². The Labute approximate surface area is 299 Å². The standard InChI is InChI=1S/C26H30ClFN6O5.2C2HF3O2/c1-39-25(38)21-9-17(35)12-34(21)11-13-2-4-18-14(6-13)7-15(10-31-26(29)30)22(18)33-24(37)23(36)32-16-3-5-19(27)20(28)8-16;2*3-2(4,5)1(6)7/h2-6,8,15,17,21-22,35H,7,9-12H2,1H3,(H,32,36)(H,33,37)(H4,29,30,31);2*(H,6,7)/t15-,17-,21+,22-;;/m1../s1. The number of carbonyl (C=O) groups excluding carboxylic acids is 3. The number of nitrogens with two attached hydrogens (primary N) is 2. The number of anilines is 1. The van der Waals surface area contributed by atoms with Gasteiger partial charge in [-0.15, -0.1) is 0 Å². The number of carbonyl (C=O) groups is 5. The number of likely N-dealkylation sites (tertiary alicyclic amines) is 1. The monoisotopic (exact) mass is 788 g/mol.